The van der Waals surface area contributed by atoms with E-state index in [-0.39, 0.29) is 11.7 Å². The van der Waals surface area contributed by atoms with Crippen LogP contribution in [0, 0.1) is 5.82 Å². The molecule has 1 saturated heterocycles. The van der Waals surface area contributed by atoms with Crippen LogP contribution in [-0.4, -0.2) is 41.2 Å². The Balaban J connectivity index is 1.46. The topological polar surface area (TPSA) is 46.5 Å². The second-order valence-corrected chi connectivity index (χ2v) is 6.88. The third-order valence-corrected chi connectivity index (χ3v) is 4.91. The molecule has 3 aromatic rings. The highest BCUT2D eigenvalue weighted by atomic mass is 19.1. The largest absolute Gasteiger partial charge is 0.366 e. The molecule has 4 rings (SSSR count). The number of ether oxygens (including phenoxy) is 1. The van der Waals surface area contributed by atoms with Gasteiger partial charge in [-0.3, -0.25) is 9.69 Å². The van der Waals surface area contributed by atoms with Crippen LogP contribution in [0.4, 0.5) is 10.1 Å². The molecule has 0 aliphatic carbocycles. The Labute approximate surface area is 157 Å². The molecule has 27 heavy (non-hydrogen) atoms. The standard InChI is InChI=1S/C21H22FN3O2/c1-24-12-15(18-11-16(22)7-8-19(18)24)13-25-9-10-27-20(14-25)21(26)23-17-5-3-2-4-6-17/h2-8,11-12,20H,9-10,13-14H2,1H3,(H,23,26)/t20-/m1/s1. The number of aryl methyl sites for hydroxylation is 1. The maximum Gasteiger partial charge on any atom is 0.254 e. The van der Waals surface area contributed by atoms with Gasteiger partial charge in [0.05, 0.1) is 6.61 Å². The molecule has 0 spiro atoms. The van der Waals surface area contributed by atoms with E-state index in [4.69, 9.17) is 4.74 Å². The first kappa shape index (κ1) is 17.7. The van der Waals surface area contributed by atoms with Gasteiger partial charge in [0.25, 0.3) is 5.91 Å². The van der Waals surface area contributed by atoms with Gasteiger partial charge in [-0.25, -0.2) is 4.39 Å². The number of amides is 1. The Morgan fingerprint density at radius 2 is 2.07 bits per heavy atom. The minimum Gasteiger partial charge on any atom is -0.366 e. The third-order valence-electron chi connectivity index (χ3n) is 4.91. The summed E-state index contributed by atoms with van der Waals surface area (Å²) >= 11 is 0. The van der Waals surface area contributed by atoms with Gasteiger partial charge in [0.15, 0.2) is 0 Å². The lowest BCUT2D eigenvalue weighted by Gasteiger charge is -2.32. The van der Waals surface area contributed by atoms with Crippen LogP contribution >= 0.6 is 0 Å². The average molecular weight is 367 g/mol. The number of halogens is 1. The van der Waals surface area contributed by atoms with E-state index >= 15 is 0 Å². The molecule has 0 radical (unpaired) electrons. The van der Waals surface area contributed by atoms with Gasteiger partial charge in [-0.05, 0) is 35.9 Å². The van der Waals surface area contributed by atoms with Crippen LogP contribution in [0.2, 0.25) is 0 Å². The SMILES string of the molecule is Cn1cc(CN2CCO[C@@H](C(=O)Nc3ccccc3)C2)c2cc(F)ccc21. The summed E-state index contributed by atoms with van der Waals surface area (Å²) in [5.74, 6) is -0.382. The number of hydrogen-bond acceptors (Lipinski definition) is 3. The van der Waals surface area contributed by atoms with Crippen LogP contribution in [0.25, 0.3) is 10.9 Å². The van der Waals surface area contributed by atoms with Gasteiger partial charge in [0.2, 0.25) is 0 Å². The minimum absolute atomic E-state index is 0.144. The number of benzene rings is 2. The number of fused-ring (bicyclic) bond motifs is 1. The molecule has 2 heterocycles. The fourth-order valence-electron chi connectivity index (χ4n) is 3.56. The van der Waals surface area contributed by atoms with Crippen molar-refractivity contribution in [1.82, 2.24) is 9.47 Å². The number of rotatable bonds is 4. The van der Waals surface area contributed by atoms with Crippen molar-refractivity contribution in [3.8, 4) is 0 Å². The fraction of sp³-hybridized carbons (Fsp3) is 0.286. The van der Waals surface area contributed by atoms with Crippen molar-refractivity contribution in [3.63, 3.8) is 0 Å². The van der Waals surface area contributed by atoms with Gasteiger partial charge in [-0.2, -0.15) is 0 Å². The van der Waals surface area contributed by atoms with E-state index in [2.05, 4.69) is 10.2 Å². The van der Waals surface area contributed by atoms with Gasteiger partial charge in [-0.1, -0.05) is 18.2 Å². The molecule has 1 N–H and O–H groups in total. The molecule has 1 atom stereocenters. The summed E-state index contributed by atoms with van der Waals surface area (Å²) in [6, 6.07) is 14.2. The van der Waals surface area contributed by atoms with Crippen molar-refractivity contribution in [2.45, 2.75) is 12.6 Å². The van der Waals surface area contributed by atoms with Gasteiger partial charge in [0.1, 0.15) is 11.9 Å². The summed E-state index contributed by atoms with van der Waals surface area (Å²) in [7, 11) is 1.96. The maximum absolute atomic E-state index is 13.7. The Morgan fingerprint density at radius 3 is 2.89 bits per heavy atom. The minimum atomic E-state index is -0.523. The molecule has 1 amide bonds. The lowest BCUT2D eigenvalue weighted by atomic mass is 10.1. The summed E-state index contributed by atoms with van der Waals surface area (Å²) in [4.78, 5) is 14.7. The first-order chi connectivity index (χ1) is 13.1. The van der Waals surface area contributed by atoms with E-state index in [1.165, 1.54) is 6.07 Å². The number of morpholine rings is 1. The zero-order chi connectivity index (χ0) is 18.8. The fourth-order valence-corrected chi connectivity index (χ4v) is 3.56. The van der Waals surface area contributed by atoms with Crippen molar-refractivity contribution < 1.29 is 13.9 Å². The van der Waals surface area contributed by atoms with Crippen molar-refractivity contribution in [1.29, 1.82) is 0 Å². The quantitative estimate of drug-likeness (QED) is 0.771. The first-order valence-electron chi connectivity index (χ1n) is 9.03. The molecule has 2 aromatic carbocycles. The summed E-state index contributed by atoms with van der Waals surface area (Å²) in [6.45, 7) is 2.39. The molecule has 1 aliphatic rings. The van der Waals surface area contributed by atoms with E-state index in [1.807, 2.05) is 48.1 Å². The molecule has 6 heteroatoms. The van der Waals surface area contributed by atoms with E-state index in [9.17, 15) is 9.18 Å². The predicted molar refractivity (Wildman–Crippen MR) is 103 cm³/mol. The highest BCUT2D eigenvalue weighted by Crippen LogP contribution is 2.24. The molecule has 1 fully saturated rings. The molecule has 1 aromatic heterocycles. The second kappa shape index (κ2) is 7.50. The molecule has 0 saturated carbocycles. The highest BCUT2D eigenvalue weighted by molar-refractivity contribution is 5.94. The number of nitrogens with zero attached hydrogens (tertiary/aromatic N) is 2. The van der Waals surface area contributed by atoms with E-state index in [0.717, 1.165) is 28.7 Å². The van der Waals surface area contributed by atoms with Crippen LogP contribution in [-0.2, 0) is 23.1 Å². The Bertz CT molecular complexity index is 955. The molecule has 0 unspecified atom stereocenters. The van der Waals surface area contributed by atoms with Crippen molar-refractivity contribution in [2.24, 2.45) is 7.05 Å². The number of para-hydroxylation sites is 1. The zero-order valence-corrected chi connectivity index (χ0v) is 15.2. The van der Waals surface area contributed by atoms with Crippen LogP contribution < -0.4 is 5.32 Å². The normalized spacial score (nSPS) is 17.9. The van der Waals surface area contributed by atoms with Gasteiger partial charge in [-0.15, -0.1) is 0 Å². The van der Waals surface area contributed by atoms with Crippen molar-refractivity contribution in [2.75, 3.05) is 25.0 Å². The summed E-state index contributed by atoms with van der Waals surface area (Å²) in [6.07, 6.45) is 1.50. The summed E-state index contributed by atoms with van der Waals surface area (Å²) in [5.41, 5.74) is 2.81. The van der Waals surface area contributed by atoms with Gasteiger partial charge < -0.3 is 14.6 Å². The Hall–Kier alpha value is -2.70. The van der Waals surface area contributed by atoms with Crippen LogP contribution in [0.1, 0.15) is 5.56 Å². The van der Waals surface area contributed by atoms with Crippen LogP contribution in [0.3, 0.4) is 0 Å². The smallest absolute Gasteiger partial charge is 0.254 e. The maximum atomic E-state index is 13.7. The summed E-state index contributed by atoms with van der Waals surface area (Å²) < 4.78 is 21.4. The Kier molecular flexibility index (Phi) is 4.92. The van der Waals surface area contributed by atoms with Gasteiger partial charge >= 0.3 is 0 Å². The number of carbonyl (C=O) groups excluding carboxylic acids is 1. The number of carbonyl (C=O) groups is 1. The molecule has 1 aliphatic heterocycles. The molecule has 5 nitrogen and oxygen atoms in total. The van der Waals surface area contributed by atoms with Crippen LogP contribution in [0.5, 0.6) is 0 Å². The lowest BCUT2D eigenvalue weighted by molar-refractivity contribution is -0.133. The van der Waals surface area contributed by atoms with E-state index in [1.54, 1.807) is 12.1 Å². The zero-order valence-electron chi connectivity index (χ0n) is 15.2. The van der Waals surface area contributed by atoms with E-state index in [0.29, 0.717) is 19.7 Å². The monoisotopic (exact) mass is 367 g/mol. The van der Waals surface area contributed by atoms with Crippen LogP contribution in [0.15, 0.2) is 54.7 Å². The average Bonchev–Trinajstić information content (AvgIpc) is 2.97. The van der Waals surface area contributed by atoms with E-state index < -0.39 is 6.10 Å². The lowest BCUT2D eigenvalue weighted by Crippen LogP contribution is -2.47. The molecular formula is C21H22FN3O2. The van der Waals surface area contributed by atoms with Gasteiger partial charge in [0, 0.05) is 49.5 Å². The number of hydrogen-bond donors (Lipinski definition) is 1. The number of nitrogens with one attached hydrogen (secondary N) is 1. The molecular weight excluding hydrogens is 345 g/mol. The molecule has 0 bridgehead atoms. The number of aromatic nitrogens is 1. The first-order valence-corrected chi connectivity index (χ1v) is 9.03. The highest BCUT2D eigenvalue weighted by Gasteiger charge is 2.27. The van der Waals surface area contributed by atoms with Crippen molar-refractivity contribution >= 4 is 22.5 Å². The Morgan fingerprint density at radius 1 is 1.26 bits per heavy atom. The number of anilines is 1. The summed E-state index contributed by atoms with van der Waals surface area (Å²) in [5, 5.41) is 3.80. The third kappa shape index (κ3) is 3.86. The molecule has 140 valence electrons. The van der Waals surface area contributed by atoms with Crippen molar-refractivity contribution in [3.05, 3.63) is 66.1 Å². The predicted octanol–water partition coefficient (Wildman–Crippen LogP) is 3.16. The second-order valence-electron chi connectivity index (χ2n) is 6.88.